The molecule has 6 nitrogen and oxygen atoms in total. The van der Waals surface area contributed by atoms with Gasteiger partial charge in [-0.05, 0) is 12.1 Å². The highest BCUT2D eigenvalue weighted by atomic mass is 16.1. The lowest BCUT2D eigenvalue weighted by Crippen LogP contribution is -1.71. The Morgan fingerprint density at radius 2 is 1.27 bits per heavy atom. The molecule has 1 rings (SSSR count). The minimum absolute atomic E-state index is 0.0146. The second-order valence-electron chi connectivity index (χ2n) is 2.25. The Morgan fingerprint density at radius 3 is 1.67 bits per heavy atom. The maximum atomic E-state index is 10.1. The number of carbonyl (C=O) groups excluding carboxylic acids is 3. The molecular weight excluding hydrogens is 198 g/mol. The lowest BCUT2D eigenvalue weighted by atomic mass is 10.2. The van der Waals surface area contributed by atoms with Crippen LogP contribution in [-0.4, -0.2) is 18.2 Å². The number of hydrogen-bond donors (Lipinski definition) is 0. The fourth-order valence-electron chi connectivity index (χ4n) is 0.958. The summed E-state index contributed by atoms with van der Waals surface area (Å²) >= 11 is 0. The SMILES string of the molecule is O=C=Nc1cccc(N=C=O)c1N=C=O. The Kier molecular flexibility index (Phi) is 3.60. The fraction of sp³-hybridized carbons (Fsp3) is 0. The van der Waals surface area contributed by atoms with Crippen LogP contribution in [0.25, 0.3) is 0 Å². The maximum absolute atomic E-state index is 10.1. The van der Waals surface area contributed by atoms with E-state index in [1.54, 1.807) is 0 Å². The highest BCUT2D eigenvalue weighted by Gasteiger charge is 2.06. The third-order valence-corrected chi connectivity index (χ3v) is 1.48. The molecule has 0 unspecified atom stereocenters. The second-order valence-corrected chi connectivity index (χ2v) is 2.25. The lowest BCUT2D eigenvalue weighted by Gasteiger charge is -1.98. The normalized spacial score (nSPS) is 8.00. The third-order valence-electron chi connectivity index (χ3n) is 1.48. The average molecular weight is 201 g/mol. The summed E-state index contributed by atoms with van der Waals surface area (Å²) in [4.78, 5) is 40.1. The van der Waals surface area contributed by atoms with Crippen molar-refractivity contribution in [2.75, 3.05) is 0 Å². The minimum atomic E-state index is -0.0146. The molecule has 15 heavy (non-hydrogen) atoms. The van der Waals surface area contributed by atoms with Crippen molar-refractivity contribution in [3.05, 3.63) is 18.2 Å². The van der Waals surface area contributed by atoms with E-state index in [0.717, 1.165) is 0 Å². The van der Waals surface area contributed by atoms with Gasteiger partial charge in [0.25, 0.3) is 0 Å². The van der Waals surface area contributed by atoms with Gasteiger partial charge in [0, 0.05) is 0 Å². The molecule has 0 aromatic heterocycles. The smallest absolute Gasteiger partial charge is 0.211 e. The Labute approximate surface area is 83.7 Å². The molecule has 0 aliphatic carbocycles. The number of hydrogen-bond acceptors (Lipinski definition) is 6. The highest BCUT2D eigenvalue weighted by molar-refractivity contribution is 5.80. The van der Waals surface area contributed by atoms with E-state index in [2.05, 4.69) is 15.0 Å². The second kappa shape index (κ2) is 5.17. The van der Waals surface area contributed by atoms with E-state index in [9.17, 15) is 14.4 Å². The standard InChI is InChI=1S/C9H3N3O3/c13-4-10-7-2-1-3-8(11-5-14)9(7)12-6-15/h1-3H. The predicted octanol–water partition coefficient (Wildman–Crippen LogP) is 1.59. The first-order valence-electron chi connectivity index (χ1n) is 3.70. The highest BCUT2D eigenvalue weighted by Crippen LogP contribution is 2.36. The molecule has 0 radical (unpaired) electrons. The van der Waals surface area contributed by atoms with Gasteiger partial charge in [-0.2, -0.15) is 15.0 Å². The summed E-state index contributed by atoms with van der Waals surface area (Å²) in [5, 5.41) is 0. The molecule has 0 heterocycles. The largest absolute Gasteiger partial charge is 0.240 e. The number of rotatable bonds is 3. The third kappa shape index (κ3) is 2.40. The number of benzene rings is 1. The van der Waals surface area contributed by atoms with Gasteiger partial charge in [-0.15, -0.1) is 0 Å². The minimum Gasteiger partial charge on any atom is -0.211 e. The summed E-state index contributed by atoms with van der Waals surface area (Å²) in [6.45, 7) is 0. The van der Waals surface area contributed by atoms with Gasteiger partial charge in [0.15, 0.2) is 0 Å². The Balaban J connectivity index is 3.53. The molecule has 0 saturated heterocycles. The van der Waals surface area contributed by atoms with Crippen molar-refractivity contribution < 1.29 is 14.4 Å². The van der Waals surface area contributed by atoms with E-state index >= 15 is 0 Å². The number of nitrogens with zero attached hydrogens (tertiary/aromatic N) is 3. The van der Waals surface area contributed by atoms with Gasteiger partial charge in [-0.1, -0.05) is 6.07 Å². The van der Waals surface area contributed by atoms with E-state index in [1.807, 2.05) is 0 Å². The molecule has 0 aliphatic heterocycles. The number of para-hydroxylation sites is 1. The summed E-state index contributed by atoms with van der Waals surface area (Å²) in [7, 11) is 0. The Bertz CT molecular complexity index is 483. The van der Waals surface area contributed by atoms with Crippen LogP contribution in [0.15, 0.2) is 33.2 Å². The molecule has 72 valence electrons. The van der Waals surface area contributed by atoms with Gasteiger partial charge in [0.2, 0.25) is 18.2 Å². The quantitative estimate of drug-likeness (QED) is 0.549. The van der Waals surface area contributed by atoms with Gasteiger partial charge in [0.05, 0.1) is 0 Å². The zero-order valence-electron chi connectivity index (χ0n) is 7.30. The van der Waals surface area contributed by atoms with Crippen LogP contribution in [0, 0.1) is 0 Å². The molecular formula is C9H3N3O3. The van der Waals surface area contributed by atoms with Gasteiger partial charge >= 0.3 is 0 Å². The van der Waals surface area contributed by atoms with Gasteiger partial charge < -0.3 is 0 Å². The van der Waals surface area contributed by atoms with Crippen LogP contribution in [0.1, 0.15) is 0 Å². The van der Waals surface area contributed by atoms with Crippen molar-refractivity contribution >= 4 is 35.3 Å². The van der Waals surface area contributed by atoms with Crippen molar-refractivity contribution in [3.63, 3.8) is 0 Å². The van der Waals surface area contributed by atoms with Crippen LogP contribution < -0.4 is 0 Å². The van der Waals surface area contributed by atoms with Crippen LogP contribution in [-0.2, 0) is 14.4 Å². The molecule has 0 spiro atoms. The van der Waals surface area contributed by atoms with Gasteiger partial charge in [-0.3, -0.25) is 0 Å². The van der Waals surface area contributed by atoms with Crippen LogP contribution in [0.2, 0.25) is 0 Å². The van der Waals surface area contributed by atoms with E-state index in [-0.39, 0.29) is 17.1 Å². The lowest BCUT2D eigenvalue weighted by molar-refractivity contribution is 0.564. The summed E-state index contributed by atoms with van der Waals surface area (Å²) < 4.78 is 0. The van der Waals surface area contributed by atoms with Crippen molar-refractivity contribution in [1.29, 1.82) is 0 Å². The molecule has 0 fully saturated rings. The van der Waals surface area contributed by atoms with Crippen LogP contribution in [0.5, 0.6) is 0 Å². The fourth-order valence-corrected chi connectivity index (χ4v) is 0.958. The van der Waals surface area contributed by atoms with Crippen LogP contribution in [0.3, 0.4) is 0 Å². The number of isocyanates is 3. The zero-order chi connectivity index (χ0) is 11.1. The molecule has 1 aromatic rings. The molecule has 1 aromatic carbocycles. The molecule has 0 atom stereocenters. The van der Waals surface area contributed by atoms with E-state index < -0.39 is 0 Å². The first-order chi connectivity index (χ1) is 7.33. The predicted molar refractivity (Wildman–Crippen MR) is 49.8 cm³/mol. The van der Waals surface area contributed by atoms with Crippen molar-refractivity contribution in [2.24, 2.45) is 15.0 Å². The summed E-state index contributed by atoms with van der Waals surface area (Å²) in [5.41, 5.74) is 0.161. The van der Waals surface area contributed by atoms with E-state index in [4.69, 9.17) is 0 Å². The number of aliphatic imine (C=N–C) groups is 3. The molecule has 0 saturated carbocycles. The summed E-state index contributed by atoms with van der Waals surface area (Å²) in [6.07, 6.45) is 3.87. The first kappa shape index (κ1) is 10.4. The van der Waals surface area contributed by atoms with Crippen molar-refractivity contribution in [1.82, 2.24) is 0 Å². The maximum Gasteiger partial charge on any atom is 0.240 e. The zero-order valence-corrected chi connectivity index (χ0v) is 7.30. The van der Waals surface area contributed by atoms with E-state index in [1.165, 1.54) is 36.4 Å². The molecule has 6 heteroatoms. The first-order valence-corrected chi connectivity index (χ1v) is 3.70. The van der Waals surface area contributed by atoms with Gasteiger partial charge in [0.1, 0.15) is 17.1 Å². The topological polar surface area (TPSA) is 88.3 Å². The molecule has 0 bridgehead atoms. The molecule has 0 aliphatic rings. The van der Waals surface area contributed by atoms with Crippen LogP contribution in [0.4, 0.5) is 17.1 Å². The average Bonchev–Trinajstić information content (AvgIpc) is 2.23. The Hall–Kier alpha value is -2.64. The Morgan fingerprint density at radius 1 is 0.800 bits per heavy atom. The summed E-state index contributed by atoms with van der Waals surface area (Å²) in [6, 6.07) is 4.34. The van der Waals surface area contributed by atoms with Crippen molar-refractivity contribution in [3.8, 4) is 0 Å². The van der Waals surface area contributed by atoms with E-state index in [0.29, 0.717) is 0 Å². The molecule has 0 amide bonds. The molecule has 0 N–H and O–H groups in total. The van der Waals surface area contributed by atoms with Crippen LogP contribution >= 0.6 is 0 Å². The monoisotopic (exact) mass is 201 g/mol. The van der Waals surface area contributed by atoms with Gasteiger partial charge in [-0.25, -0.2) is 14.4 Å². The summed E-state index contributed by atoms with van der Waals surface area (Å²) in [5.74, 6) is 0. The van der Waals surface area contributed by atoms with Crippen molar-refractivity contribution in [2.45, 2.75) is 0 Å².